The number of carboxylic acids is 1. The van der Waals surface area contributed by atoms with Crippen LogP contribution in [0.15, 0.2) is 23.5 Å². The highest BCUT2D eigenvalue weighted by Gasteiger charge is 2.46. The number of amides is 1. The van der Waals surface area contributed by atoms with Gasteiger partial charge in [0.1, 0.15) is 18.4 Å². The molecule has 28 heavy (non-hydrogen) atoms. The molecule has 1 aromatic heterocycles. The van der Waals surface area contributed by atoms with E-state index in [0.717, 1.165) is 0 Å². The Balaban J connectivity index is 2.19. The third kappa shape index (κ3) is 4.56. The molecule has 1 aliphatic heterocycles. The predicted octanol–water partition coefficient (Wildman–Crippen LogP) is 1.06. The van der Waals surface area contributed by atoms with Crippen molar-refractivity contribution in [3.8, 4) is 0 Å². The predicted molar refractivity (Wildman–Crippen MR) is 94.7 cm³/mol. The summed E-state index contributed by atoms with van der Waals surface area (Å²) in [6.45, 7) is 1.66. The van der Waals surface area contributed by atoms with E-state index in [9.17, 15) is 23.6 Å². The van der Waals surface area contributed by atoms with Crippen molar-refractivity contribution >= 4 is 29.2 Å². The van der Waals surface area contributed by atoms with Crippen LogP contribution in [0, 0.1) is 0 Å². The summed E-state index contributed by atoms with van der Waals surface area (Å²) in [7, 11) is 0. The second kappa shape index (κ2) is 8.68. The van der Waals surface area contributed by atoms with E-state index in [1.165, 1.54) is 19.2 Å². The molecule has 0 aliphatic carbocycles. The summed E-state index contributed by atoms with van der Waals surface area (Å²) in [5.74, 6) is -3.34. The minimum absolute atomic E-state index is 0.00665. The molecule has 0 radical (unpaired) electrons. The molecule has 1 unspecified atom stereocenters. The lowest BCUT2D eigenvalue weighted by Gasteiger charge is -2.26. The number of hydrogen-bond donors (Lipinski definition) is 2. The molecule has 1 amide bonds. The highest BCUT2D eigenvalue weighted by Crippen LogP contribution is 2.30. The smallest absolute Gasteiger partial charge is 0.305 e. The lowest BCUT2D eigenvalue weighted by Crippen LogP contribution is -2.53. The van der Waals surface area contributed by atoms with Gasteiger partial charge in [0.2, 0.25) is 5.60 Å². The highest BCUT2D eigenvalue weighted by molar-refractivity contribution is 6.06. The fourth-order valence-electron chi connectivity index (χ4n) is 2.70. The number of aliphatic carboxylic acids is 1. The Morgan fingerprint density at radius 3 is 2.68 bits per heavy atom. The van der Waals surface area contributed by atoms with Gasteiger partial charge in [-0.3, -0.25) is 24.2 Å². The van der Waals surface area contributed by atoms with Gasteiger partial charge in [-0.05, 0) is 25.5 Å². The number of carbonyl (C=O) groups is 4. The molecule has 2 heterocycles. The zero-order valence-corrected chi connectivity index (χ0v) is 15.4. The van der Waals surface area contributed by atoms with Gasteiger partial charge in [-0.25, -0.2) is 4.39 Å². The second-order valence-electron chi connectivity index (χ2n) is 6.36. The molecule has 9 nitrogen and oxygen atoms in total. The normalized spacial score (nSPS) is 19.3. The zero-order chi connectivity index (χ0) is 20.9. The summed E-state index contributed by atoms with van der Waals surface area (Å²) in [4.78, 5) is 56.2. The standard InChI is InChI=1S/C18H20FN3O6/c1-3-18(17(27)21-13(7-16(25)26)15(24)9-19)8-14(22-28-18)12-6-11(10(2)23)4-5-20-12/h4-6,13H,3,7-9H2,1-2H3,(H,21,27)(H,25,26)/t13-,18?/m0/s1. The topological polar surface area (TPSA) is 135 Å². The molecule has 2 atom stereocenters. The van der Waals surface area contributed by atoms with Crippen molar-refractivity contribution in [1.82, 2.24) is 10.3 Å². The molecular weight excluding hydrogens is 373 g/mol. The first-order valence-electron chi connectivity index (χ1n) is 8.56. The second-order valence-corrected chi connectivity index (χ2v) is 6.36. The van der Waals surface area contributed by atoms with Crippen LogP contribution in [0.3, 0.4) is 0 Å². The summed E-state index contributed by atoms with van der Waals surface area (Å²) in [5, 5.41) is 15.0. The Morgan fingerprint density at radius 2 is 2.11 bits per heavy atom. The minimum atomic E-state index is -1.51. The van der Waals surface area contributed by atoms with Crippen LogP contribution in [0.1, 0.15) is 49.2 Å². The molecule has 0 saturated heterocycles. The number of oxime groups is 1. The van der Waals surface area contributed by atoms with Gasteiger partial charge in [-0.2, -0.15) is 0 Å². The summed E-state index contributed by atoms with van der Waals surface area (Å²) in [6, 6.07) is 1.56. The summed E-state index contributed by atoms with van der Waals surface area (Å²) in [6.07, 6.45) is 0.836. The number of ketones is 2. The molecule has 1 aliphatic rings. The van der Waals surface area contributed by atoms with Crippen molar-refractivity contribution < 1.29 is 33.5 Å². The van der Waals surface area contributed by atoms with E-state index in [2.05, 4.69) is 15.5 Å². The van der Waals surface area contributed by atoms with Gasteiger partial charge in [0, 0.05) is 18.2 Å². The first-order valence-corrected chi connectivity index (χ1v) is 8.56. The Bertz CT molecular complexity index is 840. The Morgan fingerprint density at radius 1 is 1.39 bits per heavy atom. The minimum Gasteiger partial charge on any atom is -0.481 e. The van der Waals surface area contributed by atoms with E-state index in [1.807, 2.05) is 0 Å². The maximum Gasteiger partial charge on any atom is 0.305 e. The third-order valence-electron chi connectivity index (χ3n) is 4.44. The zero-order valence-electron chi connectivity index (χ0n) is 15.4. The van der Waals surface area contributed by atoms with Gasteiger partial charge in [-0.15, -0.1) is 0 Å². The number of aromatic nitrogens is 1. The average molecular weight is 393 g/mol. The van der Waals surface area contributed by atoms with Crippen LogP contribution in [0.5, 0.6) is 0 Å². The number of halogens is 1. The third-order valence-corrected chi connectivity index (χ3v) is 4.44. The maximum atomic E-state index is 12.7. The molecule has 0 spiro atoms. The van der Waals surface area contributed by atoms with E-state index in [1.54, 1.807) is 13.0 Å². The fourth-order valence-corrected chi connectivity index (χ4v) is 2.70. The summed E-state index contributed by atoms with van der Waals surface area (Å²) >= 11 is 0. The van der Waals surface area contributed by atoms with Crippen LogP contribution in [0.2, 0.25) is 0 Å². The van der Waals surface area contributed by atoms with Crippen LogP contribution >= 0.6 is 0 Å². The highest BCUT2D eigenvalue weighted by atomic mass is 19.1. The first kappa shape index (κ1) is 21.1. The molecule has 150 valence electrons. The van der Waals surface area contributed by atoms with Gasteiger partial charge in [0.05, 0.1) is 12.1 Å². The SMILES string of the molecule is CCC1(C(=O)N[C@@H](CC(=O)O)C(=O)CF)CC(c2cc(C(C)=O)ccn2)=NO1. The number of carboxylic acid groups (broad SMARTS) is 1. The van der Waals surface area contributed by atoms with E-state index < -0.39 is 42.4 Å². The molecule has 0 fully saturated rings. The number of rotatable bonds is 9. The lowest BCUT2D eigenvalue weighted by molar-refractivity contribution is -0.148. The van der Waals surface area contributed by atoms with Gasteiger partial charge < -0.3 is 15.3 Å². The van der Waals surface area contributed by atoms with Crippen molar-refractivity contribution in [2.75, 3.05) is 6.67 Å². The number of Topliss-reactive ketones (excluding diaryl/α,β-unsaturated/α-hetero) is 2. The largest absolute Gasteiger partial charge is 0.481 e. The van der Waals surface area contributed by atoms with E-state index in [4.69, 9.17) is 9.94 Å². The Labute approximate surface area is 160 Å². The number of hydrogen-bond acceptors (Lipinski definition) is 7. The maximum absolute atomic E-state index is 12.7. The van der Waals surface area contributed by atoms with Gasteiger partial charge in [-0.1, -0.05) is 12.1 Å². The number of pyridine rings is 1. The van der Waals surface area contributed by atoms with Crippen LogP contribution < -0.4 is 5.32 Å². The van der Waals surface area contributed by atoms with Crippen LogP contribution in [-0.2, 0) is 19.2 Å². The molecule has 0 bridgehead atoms. The Hall–Kier alpha value is -3.17. The van der Waals surface area contributed by atoms with Crippen LogP contribution in [0.25, 0.3) is 0 Å². The summed E-state index contributed by atoms with van der Waals surface area (Å²) in [5.41, 5.74) is -0.387. The number of nitrogens with one attached hydrogen (secondary N) is 1. The number of alkyl halides is 1. The van der Waals surface area contributed by atoms with Crippen molar-refractivity contribution in [3.63, 3.8) is 0 Å². The van der Waals surface area contributed by atoms with Crippen molar-refractivity contribution in [2.45, 2.75) is 44.8 Å². The first-order chi connectivity index (χ1) is 13.2. The van der Waals surface area contributed by atoms with E-state index in [-0.39, 0.29) is 18.6 Å². The number of nitrogens with zero attached hydrogens (tertiary/aromatic N) is 2. The molecule has 0 saturated carbocycles. The average Bonchev–Trinajstić information content (AvgIpc) is 3.12. The van der Waals surface area contributed by atoms with Gasteiger partial charge in [0.25, 0.3) is 5.91 Å². The van der Waals surface area contributed by atoms with E-state index in [0.29, 0.717) is 17.0 Å². The quantitative estimate of drug-likeness (QED) is 0.599. The van der Waals surface area contributed by atoms with Crippen LogP contribution in [-0.4, -0.2) is 57.6 Å². The van der Waals surface area contributed by atoms with Crippen LogP contribution in [0.4, 0.5) is 4.39 Å². The fraction of sp³-hybridized carbons (Fsp3) is 0.444. The summed E-state index contributed by atoms with van der Waals surface area (Å²) < 4.78 is 12.7. The Kier molecular flexibility index (Phi) is 6.55. The molecule has 2 rings (SSSR count). The number of carbonyl (C=O) groups excluding carboxylic acids is 3. The van der Waals surface area contributed by atoms with Gasteiger partial charge >= 0.3 is 5.97 Å². The molecule has 2 N–H and O–H groups in total. The monoisotopic (exact) mass is 393 g/mol. The van der Waals surface area contributed by atoms with Crippen molar-refractivity contribution in [3.05, 3.63) is 29.6 Å². The molecule has 1 aromatic rings. The van der Waals surface area contributed by atoms with Crippen molar-refractivity contribution in [1.29, 1.82) is 0 Å². The van der Waals surface area contributed by atoms with E-state index >= 15 is 0 Å². The van der Waals surface area contributed by atoms with Gasteiger partial charge in [0.15, 0.2) is 11.6 Å². The molecule has 10 heteroatoms. The lowest BCUT2D eigenvalue weighted by atomic mass is 9.91. The van der Waals surface area contributed by atoms with Crippen molar-refractivity contribution in [2.24, 2.45) is 5.16 Å². The molecular formula is C18H20FN3O6. The molecule has 0 aromatic carbocycles.